The summed E-state index contributed by atoms with van der Waals surface area (Å²) < 4.78 is 5.46. The van der Waals surface area contributed by atoms with Crippen molar-refractivity contribution in [3.05, 3.63) is 35.4 Å². The summed E-state index contributed by atoms with van der Waals surface area (Å²) in [6, 6.07) is 7.96. The molecule has 1 nitrogen and oxygen atoms in total. The van der Waals surface area contributed by atoms with Gasteiger partial charge in [-0.25, -0.2) is 0 Å². The minimum atomic E-state index is 0.732. The number of para-hydroxylation sites is 1. The number of hydrogen-bond donors (Lipinski definition) is 0. The summed E-state index contributed by atoms with van der Waals surface area (Å²) in [5.74, 6) is 0.940. The first-order valence-electron chi connectivity index (χ1n) is 3.93. The highest BCUT2D eigenvalue weighted by molar-refractivity contribution is 6.28. The largest absolute Gasteiger partial charge is 0.493 e. The fourth-order valence-electron chi connectivity index (χ4n) is 1.38. The van der Waals surface area contributed by atoms with Gasteiger partial charge in [0.1, 0.15) is 5.75 Å². The van der Waals surface area contributed by atoms with Gasteiger partial charge in [-0.1, -0.05) is 29.8 Å². The van der Waals surface area contributed by atoms with Gasteiger partial charge in [-0.2, -0.15) is 0 Å². The first kappa shape index (κ1) is 7.69. The van der Waals surface area contributed by atoms with E-state index >= 15 is 0 Å². The van der Waals surface area contributed by atoms with E-state index in [1.54, 1.807) is 5.54 Å². The van der Waals surface area contributed by atoms with Crippen molar-refractivity contribution in [2.24, 2.45) is 0 Å². The van der Waals surface area contributed by atoms with E-state index in [1.165, 1.54) is 5.57 Å². The van der Waals surface area contributed by atoms with Crippen LogP contribution in [0.25, 0.3) is 5.57 Å². The molecule has 0 radical (unpaired) electrons. The monoisotopic (exact) mass is 180 g/mol. The fraction of sp³-hybridized carbons (Fsp3) is 0.200. The SMILES string of the molecule is ClC=C1CCOc2ccccc21. The molecule has 2 rings (SSSR count). The van der Waals surface area contributed by atoms with Crippen molar-refractivity contribution in [1.29, 1.82) is 0 Å². The number of halogens is 1. The molecule has 0 saturated heterocycles. The van der Waals surface area contributed by atoms with Gasteiger partial charge in [-0.3, -0.25) is 0 Å². The first-order chi connectivity index (χ1) is 5.92. The maximum absolute atomic E-state index is 5.69. The Morgan fingerprint density at radius 3 is 3.00 bits per heavy atom. The van der Waals surface area contributed by atoms with Gasteiger partial charge in [0.05, 0.1) is 6.61 Å². The molecule has 62 valence electrons. The van der Waals surface area contributed by atoms with Gasteiger partial charge in [0, 0.05) is 17.5 Å². The summed E-state index contributed by atoms with van der Waals surface area (Å²) in [5.41, 5.74) is 3.93. The molecule has 12 heavy (non-hydrogen) atoms. The lowest BCUT2D eigenvalue weighted by molar-refractivity contribution is 0.316. The van der Waals surface area contributed by atoms with Crippen molar-refractivity contribution in [3.63, 3.8) is 0 Å². The van der Waals surface area contributed by atoms with Gasteiger partial charge >= 0.3 is 0 Å². The molecule has 0 amide bonds. The number of hydrogen-bond acceptors (Lipinski definition) is 1. The van der Waals surface area contributed by atoms with Crippen LogP contribution in [-0.2, 0) is 0 Å². The van der Waals surface area contributed by atoms with Crippen LogP contribution < -0.4 is 4.74 Å². The van der Waals surface area contributed by atoms with Crippen LogP contribution in [0.2, 0.25) is 0 Å². The molecular weight excluding hydrogens is 172 g/mol. The smallest absolute Gasteiger partial charge is 0.126 e. The van der Waals surface area contributed by atoms with Gasteiger partial charge in [0.15, 0.2) is 0 Å². The second-order valence-electron chi connectivity index (χ2n) is 2.73. The van der Waals surface area contributed by atoms with Gasteiger partial charge in [-0.05, 0) is 11.6 Å². The molecule has 0 fully saturated rings. The van der Waals surface area contributed by atoms with Crippen molar-refractivity contribution < 1.29 is 4.74 Å². The zero-order chi connectivity index (χ0) is 8.39. The van der Waals surface area contributed by atoms with E-state index in [-0.39, 0.29) is 0 Å². The van der Waals surface area contributed by atoms with E-state index < -0.39 is 0 Å². The van der Waals surface area contributed by atoms with E-state index in [0.717, 1.165) is 24.3 Å². The summed E-state index contributed by atoms with van der Waals surface area (Å²) in [6.07, 6.45) is 0.903. The average molecular weight is 181 g/mol. The Balaban J connectivity index is 2.51. The predicted molar refractivity (Wildman–Crippen MR) is 50.4 cm³/mol. The molecule has 0 bridgehead atoms. The van der Waals surface area contributed by atoms with E-state index in [9.17, 15) is 0 Å². The van der Waals surface area contributed by atoms with Crippen molar-refractivity contribution >= 4 is 17.2 Å². The lowest BCUT2D eigenvalue weighted by Gasteiger charge is -2.18. The van der Waals surface area contributed by atoms with Crippen LogP contribution >= 0.6 is 11.6 Å². The van der Waals surface area contributed by atoms with Crippen molar-refractivity contribution in [2.75, 3.05) is 6.61 Å². The molecule has 0 unspecified atom stereocenters. The van der Waals surface area contributed by atoms with Gasteiger partial charge in [-0.15, -0.1) is 0 Å². The summed E-state index contributed by atoms with van der Waals surface area (Å²) in [7, 11) is 0. The normalized spacial score (nSPS) is 18.6. The zero-order valence-electron chi connectivity index (χ0n) is 6.59. The second-order valence-corrected chi connectivity index (χ2v) is 2.95. The lowest BCUT2D eigenvalue weighted by Crippen LogP contribution is -2.06. The van der Waals surface area contributed by atoms with Crippen LogP contribution in [0, 0.1) is 0 Å². The van der Waals surface area contributed by atoms with Crippen LogP contribution in [0.15, 0.2) is 29.8 Å². The Kier molecular flexibility index (Phi) is 2.05. The number of rotatable bonds is 0. The van der Waals surface area contributed by atoms with Crippen LogP contribution in [0.5, 0.6) is 5.75 Å². The number of fused-ring (bicyclic) bond motifs is 1. The second kappa shape index (κ2) is 3.20. The number of ether oxygens (including phenoxy) is 1. The molecule has 0 N–H and O–H groups in total. The molecule has 0 spiro atoms. The lowest BCUT2D eigenvalue weighted by atomic mass is 10.0. The molecule has 0 aromatic heterocycles. The molecule has 0 atom stereocenters. The molecule has 1 aliphatic rings. The molecule has 1 aliphatic heterocycles. The van der Waals surface area contributed by atoms with Gasteiger partial charge in [0.2, 0.25) is 0 Å². The van der Waals surface area contributed by atoms with Gasteiger partial charge in [0.25, 0.3) is 0 Å². The van der Waals surface area contributed by atoms with Gasteiger partial charge < -0.3 is 4.74 Å². The predicted octanol–water partition coefficient (Wildman–Crippen LogP) is 3.05. The third-order valence-electron chi connectivity index (χ3n) is 1.99. The fourth-order valence-corrected chi connectivity index (χ4v) is 1.60. The van der Waals surface area contributed by atoms with Crippen LogP contribution in [0.1, 0.15) is 12.0 Å². The van der Waals surface area contributed by atoms with E-state index in [4.69, 9.17) is 16.3 Å². The third-order valence-corrected chi connectivity index (χ3v) is 2.26. The Hall–Kier alpha value is -0.950. The standard InChI is InChI=1S/C10H9ClO/c11-7-8-5-6-12-10-4-2-1-3-9(8)10/h1-4,7H,5-6H2. The minimum Gasteiger partial charge on any atom is -0.493 e. The summed E-state index contributed by atoms with van der Waals surface area (Å²) >= 11 is 5.69. The van der Waals surface area contributed by atoms with Crippen molar-refractivity contribution in [2.45, 2.75) is 6.42 Å². The van der Waals surface area contributed by atoms with Crippen LogP contribution in [0.4, 0.5) is 0 Å². The summed E-state index contributed by atoms with van der Waals surface area (Å²) in [5, 5.41) is 0. The molecule has 1 heterocycles. The quantitative estimate of drug-likeness (QED) is 0.596. The molecule has 1 aromatic rings. The van der Waals surface area contributed by atoms with Crippen molar-refractivity contribution in [3.8, 4) is 5.75 Å². The Labute approximate surface area is 76.6 Å². The Bertz CT molecular complexity index is 317. The number of benzene rings is 1. The summed E-state index contributed by atoms with van der Waals surface area (Å²) in [4.78, 5) is 0. The maximum atomic E-state index is 5.69. The first-order valence-corrected chi connectivity index (χ1v) is 4.37. The summed E-state index contributed by atoms with van der Waals surface area (Å²) in [6.45, 7) is 0.732. The van der Waals surface area contributed by atoms with E-state index in [0.29, 0.717) is 0 Å². The topological polar surface area (TPSA) is 9.23 Å². The minimum absolute atomic E-state index is 0.732. The molecule has 1 aromatic carbocycles. The highest BCUT2D eigenvalue weighted by atomic mass is 35.5. The van der Waals surface area contributed by atoms with E-state index in [1.807, 2.05) is 24.3 Å². The Morgan fingerprint density at radius 1 is 1.33 bits per heavy atom. The Morgan fingerprint density at radius 2 is 2.17 bits per heavy atom. The highest BCUT2D eigenvalue weighted by Gasteiger charge is 2.13. The molecule has 0 aliphatic carbocycles. The van der Waals surface area contributed by atoms with Crippen LogP contribution in [0.3, 0.4) is 0 Å². The molecule has 0 saturated carbocycles. The maximum Gasteiger partial charge on any atom is 0.126 e. The third kappa shape index (κ3) is 1.21. The average Bonchev–Trinajstić information content (AvgIpc) is 2.17. The van der Waals surface area contributed by atoms with E-state index in [2.05, 4.69) is 0 Å². The molecular formula is C10H9ClO. The van der Waals surface area contributed by atoms with Crippen LogP contribution in [-0.4, -0.2) is 6.61 Å². The zero-order valence-corrected chi connectivity index (χ0v) is 7.34. The van der Waals surface area contributed by atoms with Crippen molar-refractivity contribution in [1.82, 2.24) is 0 Å². The highest BCUT2D eigenvalue weighted by Crippen LogP contribution is 2.32. The molecule has 2 heteroatoms.